The third-order valence-corrected chi connectivity index (χ3v) is 10.5. The van der Waals surface area contributed by atoms with Crippen LogP contribution in [0.15, 0.2) is 84.9 Å². The van der Waals surface area contributed by atoms with Crippen LogP contribution in [-0.4, -0.2) is 104 Å². The molecule has 4 aromatic rings. The van der Waals surface area contributed by atoms with E-state index in [-0.39, 0.29) is 0 Å². The number of hydrogen-bond donors (Lipinski definition) is 7. The van der Waals surface area contributed by atoms with Crippen molar-refractivity contribution in [1.29, 1.82) is 0 Å². The summed E-state index contributed by atoms with van der Waals surface area (Å²) in [6.45, 7) is 6.30. The Morgan fingerprint density at radius 1 is 0.545 bits per heavy atom. The second-order valence-electron chi connectivity index (χ2n) is 13.7. The highest BCUT2D eigenvalue weighted by molar-refractivity contribution is 6.31. The molecule has 7 N–H and O–H groups in total. The van der Waals surface area contributed by atoms with Crippen molar-refractivity contribution in [3.8, 4) is 11.5 Å². The highest BCUT2D eigenvalue weighted by Crippen LogP contribution is 2.36. The van der Waals surface area contributed by atoms with E-state index in [1.165, 1.54) is 0 Å². The maximum absolute atomic E-state index is 10.3. The molecule has 0 radical (unpaired) electrons. The summed E-state index contributed by atoms with van der Waals surface area (Å²) < 4.78 is 22.3. The van der Waals surface area contributed by atoms with E-state index in [1.54, 1.807) is 31.2 Å². The van der Waals surface area contributed by atoms with Crippen LogP contribution in [0.2, 0.25) is 10.0 Å². The van der Waals surface area contributed by atoms with Crippen molar-refractivity contribution in [2.24, 2.45) is 0 Å². The van der Waals surface area contributed by atoms with E-state index in [1.807, 2.05) is 74.5 Å². The van der Waals surface area contributed by atoms with Gasteiger partial charge in [-0.05, 0) is 103 Å². The van der Waals surface area contributed by atoms with Crippen LogP contribution < -0.4 is 9.47 Å². The Labute approximate surface area is 331 Å². The lowest BCUT2D eigenvalue weighted by atomic mass is 9.90. The van der Waals surface area contributed by atoms with Gasteiger partial charge in [-0.1, -0.05) is 71.7 Å². The van der Waals surface area contributed by atoms with Crippen LogP contribution in [0.5, 0.6) is 11.5 Å². The molecule has 2 aliphatic heterocycles. The normalized spacial score (nSPS) is 27.9. The Morgan fingerprint density at radius 3 is 1.38 bits per heavy atom. The number of rotatable bonds is 11. The molecule has 0 aromatic heterocycles. The quantitative estimate of drug-likeness (QED) is 0.112. The molecule has 2 aliphatic rings. The van der Waals surface area contributed by atoms with Crippen molar-refractivity contribution in [3.63, 3.8) is 0 Å². The lowest BCUT2D eigenvalue weighted by molar-refractivity contribution is -0.231. The van der Waals surface area contributed by atoms with Gasteiger partial charge in [0.1, 0.15) is 66.4 Å². The van der Waals surface area contributed by atoms with Crippen LogP contribution in [0.1, 0.15) is 66.4 Å². The molecule has 4 aromatic carbocycles. The first kappa shape index (κ1) is 42.8. The first-order valence-electron chi connectivity index (χ1n) is 18.3. The smallest absolute Gasteiger partial charge is 0.119 e. The molecule has 2 fully saturated rings. The molecular formula is C42H50Cl2O11. The Kier molecular flexibility index (Phi) is 15.4. The van der Waals surface area contributed by atoms with E-state index < -0.39 is 67.6 Å². The third kappa shape index (κ3) is 10.6. The molecule has 55 heavy (non-hydrogen) atoms. The zero-order valence-electron chi connectivity index (χ0n) is 30.9. The first-order valence-corrected chi connectivity index (χ1v) is 19.1. The Hall–Kier alpha value is -3.30. The zero-order valence-corrected chi connectivity index (χ0v) is 32.4. The summed E-state index contributed by atoms with van der Waals surface area (Å²) in [5, 5.41) is 71.1. The summed E-state index contributed by atoms with van der Waals surface area (Å²) in [6, 6.07) is 26.2. The highest BCUT2D eigenvalue weighted by Gasteiger charge is 2.44. The minimum absolute atomic E-state index is 0.464. The summed E-state index contributed by atoms with van der Waals surface area (Å²) in [5.41, 5.74) is 5.17. The average Bonchev–Trinajstić information content (AvgIpc) is 3.18. The molecule has 2 saturated heterocycles. The van der Waals surface area contributed by atoms with Gasteiger partial charge in [-0.25, -0.2) is 0 Å². The molecule has 11 nitrogen and oxygen atoms in total. The van der Waals surface area contributed by atoms with Crippen molar-refractivity contribution in [2.45, 2.75) is 94.7 Å². The second-order valence-corrected chi connectivity index (χ2v) is 14.5. The molecular weight excluding hydrogens is 751 g/mol. The lowest BCUT2D eigenvalue weighted by Crippen LogP contribution is -2.55. The van der Waals surface area contributed by atoms with Crippen LogP contribution in [0.4, 0.5) is 0 Å². The Morgan fingerprint density at radius 2 is 0.964 bits per heavy atom. The summed E-state index contributed by atoms with van der Waals surface area (Å²) in [4.78, 5) is 0. The molecule has 0 amide bonds. The molecule has 0 bridgehead atoms. The molecule has 10 unspecified atom stereocenters. The van der Waals surface area contributed by atoms with E-state index >= 15 is 0 Å². The average molecular weight is 802 g/mol. The predicted octanol–water partition coefficient (Wildman–Crippen LogP) is 4.72. The van der Waals surface area contributed by atoms with Crippen molar-refractivity contribution in [2.75, 3.05) is 19.8 Å². The molecule has 0 aliphatic carbocycles. The molecule has 0 saturated carbocycles. The van der Waals surface area contributed by atoms with Gasteiger partial charge in [-0.3, -0.25) is 0 Å². The Balaban J connectivity index is 0.000000211. The van der Waals surface area contributed by atoms with E-state index in [2.05, 4.69) is 0 Å². The lowest BCUT2D eigenvalue weighted by Gasteiger charge is -2.40. The highest BCUT2D eigenvalue weighted by atomic mass is 35.5. The number of benzene rings is 4. The fraction of sp³-hybridized carbons (Fsp3) is 0.429. The fourth-order valence-corrected chi connectivity index (χ4v) is 7.07. The van der Waals surface area contributed by atoms with Crippen molar-refractivity contribution in [3.05, 3.63) is 128 Å². The topological polar surface area (TPSA) is 179 Å². The first-order chi connectivity index (χ1) is 26.3. The minimum Gasteiger partial charge on any atom is -0.494 e. The summed E-state index contributed by atoms with van der Waals surface area (Å²) in [6.07, 6.45) is -9.68. The number of aliphatic hydroxyl groups excluding tert-OH is 7. The maximum atomic E-state index is 10.3. The van der Waals surface area contributed by atoms with Gasteiger partial charge in [-0.15, -0.1) is 0 Å². The molecule has 10 atom stereocenters. The minimum atomic E-state index is -1.42. The van der Waals surface area contributed by atoms with E-state index in [9.17, 15) is 35.7 Å². The largest absolute Gasteiger partial charge is 0.494 e. The predicted molar refractivity (Wildman–Crippen MR) is 208 cm³/mol. The monoisotopic (exact) mass is 800 g/mol. The van der Waals surface area contributed by atoms with Crippen LogP contribution in [-0.2, 0) is 22.3 Å². The fourth-order valence-electron chi connectivity index (χ4n) is 6.70. The third-order valence-electron chi connectivity index (χ3n) is 9.80. The molecule has 2 heterocycles. The van der Waals surface area contributed by atoms with Crippen LogP contribution in [0.3, 0.4) is 0 Å². The molecule has 13 heteroatoms. The van der Waals surface area contributed by atoms with Gasteiger partial charge in [-0.2, -0.15) is 0 Å². The number of ether oxygens (including phenoxy) is 4. The van der Waals surface area contributed by atoms with Crippen LogP contribution >= 0.6 is 23.2 Å². The molecule has 298 valence electrons. The van der Waals surface area contributed by atoms with Crippen molar-refractivity contribution in [1.82, 2.24) is 0 Å². The van der Waals surface area contributed by atoms with E-state index in [4.69, 9.17) is 42.1 Å². The number of aliphatic hydroxyl groups is 7. The molecule has 6 rings (SSSR count). The number of hydrogen-bond acceptors (Lipinski definition) is 11. The van der Waals surface area contributed by atoms with Crippen molar-refractivity contribution < 1.29 is 54.7 Å². The zero-order chi connectivity index (χ0) is 39.8. The van der Waals surface area contributed by atoms with Gasteiger partial charge in [0.15, 0.2) is 0 Å². The summed E-state index contributed by atoms with van der Waals surface area (Å²) in [5.74, 6) is 1.62. The van der Waals surface area contributed by atoms with Crippen molar-refractivity contribution >= 4 is 23.2 Å². The number of halogens is 2. The van der Waals surface area contributed by atoms with Gasteiger partial charge < -0.3 is 54.7 Å². The van der Waals surface area contributed by atoms with Gasteiger partial charge in [0, 0.05) is 10.0 Å². The second kappa shape index (κ2) is 19.7. The standard InChI is InChI=1S/C21H25ClO6.C21H25ClO5/c1-2-27-15-6-3-12(4-7-15)9-14-10-13(5-8-16(14)22)21-20(26)19(25)18(24)17(11-23)28-21;1-3-26-16-7-4-13(5-8-16)10-15-11-14(6-9-17(15)22)21-20(25)19(24)18(23)12(2)27-21/h3-8,10,17-21,23-26H,2,9,11H2,1H3;4-9,11-12,18-21,23-25H,3,10H2,1-2H3. The summed E-state index contributed by atoms with van der Waals surface area (Å²) >= 11 is 12.7. The van der Waals surface area contributed by atoms with Gasteiger partial charge >= 0.3 is 0 Å². The SMILES string of the molecule is CCOc1ccc(Cc2cc(C3OC(C)C(O)C(O)C3O)ccc2Cl)cc1.CCOc1ccc(Cc2cc(C3OC(CO)C(O)C(O)C3O)ccc2Cl)cc1. The van der Waals surface area contributed by atoms with Crippen LogP contribution in [0.25, 0.3) is 0 Å². The summed E-state index contributed by atoms with van der Waals surface area (Å²) in [7, 11) is 0. The van der Waals surface area contributed by atoms with Gasteiger partial charge in [0.05, 0.1) is 25.9 Å². The molecule has 0 spiro atoms. The van der Waals surface area contributed by atoms with Gasteiger partial charge in [0.25, 0.3) is 0 Å². The van der Waals surface area contributed by atoms with Gasteiger partial charge in [0.2, 0.25) is 0 Å². The van der Waals surface area contributed by atoms with Crippen LogP contribution in [0, 0.1) is 0 Å². The Bertz CT molecular complexity index is 1810. The van der Waals surface area contributed by atoms with E-state index in [0.29, 0.717) is 47.2 Å². The van der Waals surface area contributed by atoms with E-state index in [0.717, 1.165) is 33.8 Å². The maximum Gasteiger partial charge on any atom is 0.119 e.